The third-order valence-electron chi connectivity index (χ3n) is 22.1. The number of carboxylic acid groups (broad SMARTS) is 2. The number of aliphatic hydroxyl groups is 2. The van der Waals surface area contributed by atoms with Crippen molar-refractivity contribution in [3.63, 3.8) is 0 Å². The summed E-state index contributed by atoms with van der Waals surface area (Å²) < 4.78 is 0. The number of nitrogens with one attached hydrogen (secondary N) is 13. The van der Waals surface area contributed by atoms with Crippen molar-refractivity contribution in [2.75, 3.05) is 45.9 Å². The molecule has 133 heavy (non-hydrogen) atoms. The predicted molar refractivity (Wildman–Crippen MR) is 495 cm³/mol. The van der Waals surface area contributed by atoms with Gasteiger partial charge in [0, 0.05) is 45.6 Å². The van der Waals surface area contributed by atoms with Crippen molar-refractivity contribution in [3.05, 3.63) is 35.9 Å². The lowest BCUT2D eigenvalue weighted by atomic mass is 9.96. The molecule has 18 atom stereocenters. The minimum absolute atomic E-state index is 0. The van der Waals surface area contributed by atoms with Crippen molar-refractivity contribution in [1.29, 1.82) is 0 Å². The van der Waals surface area contributed by atoms with Gasteiger partial charge in [-0.15, -0.1) is 12.4 Å². The first-order valence-corrected chi connectivity index (χ1v) is 45.1. The van der Waals surface area contributed by atoms with Crippen LogP contribution in [-0.4, -0.2) is 297 Å². The van der Waals surface area contributed by atoms with Gasteiger partial charge in [-0.1, -0.05) is 92.1 Å². The number of amides is 15. The molecule has 0 aromatic heterocycles. The Balaban J connectivity index is 0.0000599. The zero-order valence-corrected chi connectivity index (χ0v) is 78.9. The number of hydrogen-bond acceptors (Lipinski definition) is 24. The molecule has 47 nitrogen and oxygen atoms in total. The van der Waals surface area contributed by atoms with Crippen LogP contribution < -0.4 is 115 Å². The van der Waals surface area contributed by atoms with Crippen molar-refractivity contribution in [2.24, 2.45) is 84.5 Å². The molecule has 750 valence electrons. The molecule has 33 N–H and O–H groups in total. The van der Waals surface area contributed by atoms with Crippen molar-refractivity contribution in [3.8, 4) is 0 Å². The molecule has 2 saturated heterocycles. The van der Waals surface area contributed by atoms with Gasteiger partial charge in [0.2, 0.25) is 88.6 Å². The monoisotopic (exact) mass is 1900 g/mol. The van der Waals surface area contributed by atoms with Gasteiger partial charge >= 0.3 is 11.9 Å². The molecule has 3 rings (SSSR count). The van der Waals surface area contributed by atoms with Gasteiger partial charge in [0.05, 0.1) is 18.8 Å². The van der Waals surface area contributed by atoms with Gasteiger partial charge in [-0.2, -0.15) is 0 Å². The average Bonchev–Trinajstić information content (AvgIpc) is 1.69. The number of guanidine groups is 3. The average molecular weight is 1900 g/mol. The van der Waals surface area contributed by atoms with Crippen LogP contribution >= 0.6 is 12.4 Å². The van der Waals surface area contributed by atoms with E-state index in [-0.39, 0.29) is 171 Å². The molecule has 15 amide bonds. The van der Waals surface area contributed by atoms with E-state index in [1.54, 1.807) is 85.7 Å². The lowest BCUT2D eigenvalue weighted by Crippen LogP contribution is -2.62. The van der Waals surface area contributed by atoms with Crippen molar-refractivity contribution >= 4 is 131 Å². The first-order valence-electron chi connectivity index (χ1n) is 45.1. The van der Waals surface area contributed by atoms with Gasteiger partial charge in [0.25, 0.3) is 0 Å². The Kier molecular flexibility index (Phi) is 53.2. The number of nitrogens with zero attached hydrogens (tertiary/aromatic N) is 5. The molecule has 0 radical (unpaired) electrons. The Morgan fingerprint density at radius 1 is 0.421 bits per heavy atom. The number of nitrogens with two attached hydrogens (primary N) is 8. The number of aliphatic imine (C=N–C) groups is 3. The summed E-state index contributed by atoms with van der Waals surface area (Å²) in [7, 11) is 0. The molecule has 0 spiro atoms. The molecule has 2 aliphatic rings. The third-order valence-corrected chi connectivity index (χ3v) is 22.1. The molecule has 1 aromatic carbocycles. The van der Waals surface area contributed by atoms with E-state index in [4.69, 9.17) is 51.0 Å². The van der Waals surface area contributed by atoms with Gasteiger partial charge in [-0.3, -0.25) is 91.7 Å². The van der Waals surface area contributed by atoms with E-state index in [2.05, 4.69) is 84.1 Å². The predicted octanol–water partition coefficient (Wildman–Crippen LogP) is -5.90. The van der Waals surface area contributed by atoms with E-state index in [1.165, 1.54) is 23.6 Å². The highest BCUT2D eigenvalue weighted by Gasteiger charge is 2.44. The number of carboxylic acids is 2. The Labute approximate surface area is 781 Å². The van der Waals surface area contributed by atoms with Crippen LogP contribution in [-0.2, 0) is 87.9 Å². The summed E-state index contributed by atoms with van der Waals surface area (Å²) in [5.41, 5.74) is 45.5. The van der Waals surface area contributed by atoms with E-state index in [0.717, 1.165) is 6.92 Å². The number of benzene rings is 1. The van der Waals surface area contributed by atoms with Crippen LogP contribution in [0.15, 0.2) is 45.3 Å². The number of rotatable bonds is 60. The van der Waals surface area contributed by atoms with Crippen LogP contribution in [0.1, 0.15) is 204 Å². The summed E-state index contributed by atoms with van der Waals surface area (Å²) in [5, 5.41) is 74.5. The van der Waals surface area contributed by atoms with Gasteiger partial charge in [0.15, 0.2) is 17.9 Å². The third kappa shape index (κ3) is 42.3. The number of halogens is 1. The first-order chi connectivity index (χ1) is 62.1. The van der Waals surface area contributed by atoms with Crippen LogP contribution in [0.3, 0.4) is 0 Å². The maximum Gasteiger partial charge on any atom is 0.326 e. The minimum atomic E-state index is -1.94. The quantitative estimate of drug-likeness (QED) is 0.0164. The van der Waals surface area contributed by atoms with Gasteiger partial charge in [-0.05, 0) is 166 Å². The van der Waals surface area contributed by atoms with E-state index < -0.39 is 222 Å². The summed E-state index contributed by atoms with van der Waals surface area (Å²) in [6.45, 7) is 16.8. The number of aliphatic carboxylic acids is 2. The molecule has 2 heterocycles. The summed E-state index contributed by atoms with van der Waals surface area (Å²) in [4.78, 5) is 252. The smallest absolute Gasteiger partial charge is 0.326 e. The van der Waals surface area contributed by atoms with Crippen molar-refractivity contribution in [1.82, 2.24) is 78.9 Å². The molecular formula is C85H147ClN26O21. The van der Waals surface area contributed by atoms with E-state index >= 15 is 0 Å². The second-order valence-corrected chi connectivity index (χ2v) is 34.8. The maximum absolute atomic E-state index is 15.0. The minimum Gasteiger partial charge on any atom is -0.481 e. The van der Waals surface area contributed by atoms with E-state index in [0.29, 0.717) is 44.2 Å². The summed E-state index contributed by atoms with van der Waals surface area (Å²) >= 11 is 0. The molecule has 0 saturated carbocycles. The topological polar surface area (TPSA) is 779 Å². The fraction of sp³-hybridized carbons (Fsp3) is 0.694. The highest BCUT2D eigenvalue weighted by Crippen LogP contribution is 2.25. The molecule has 2 aliphatic heterocycles. The molecule has 0 bridgehead atoms. The number of carbonyl (C=O) groups is 17. The van der Waals surface area contributed by atoms with Crippen molar-refractivity contribution < 1.29 is 102 Å². The fourth-order valence-electron chi connectivity index (χ4n) is 14.7. The zero-order chi connectivity index (χ0) is 99.3. The lowest BCUT2D eigenvalue weighted by Gasteiger charge is -2.33. The summed E-state index contributed by atoms with van der Waals surface area (Å²) in [6, 6.07) is -14.2. The molecular weight excluding hydrogens is 1760 g/mol. The molecule has 1 aromatic rings. The van der Waals surface area contributed by atoms with E-state index in [1.807, 2.05) is 0 Å². The lowest BCUT2D eigenvalue weighted by molar-refractivity contribution is -0.145. The molecule has 0 aliphatic carbocycles. The van der Waals surface area contributed by atoms with Crippen LogP contribution in [0, 0.1) is 23.7 Å². The summed E-state index contributed by atoms with van der Waals surface area (Å²) in [6.07, 6.45) is -0.645. The highest BCUT2D eigenvalue weighted by molar-refractivity contribution is 6.01. The Morgan fingerprint density at radius 3 is 1.23 bits per heavy atom. The Bertz CT molecular complexity index is 4100. The van der Waals surface area contributed by atoms with Crippen LogP contribution in [0.2, 0.25) is 0 Å². The maximum atomic E-state index is 15.0. The molecule has 48 heteroatoms. The first kappa shape index (κ1) is 117. The van der Waals surface area contributed by atoms with Crippen molar-refractivity contribution in [2.45, 2.75) is 307 Å². The largest absolute Gasteiger partial charge is 0.481 e. The SMILES string of the molecule is CC[C@H](C)[C@H](NC(=O)[C@H](Cc1ccccc1)NC(=O)[C@H](CCCN=C(N)N)NC(=O)[C@H](CC(C)C)NC(=O)[C@H](CCCN=C(N)N)NC(=O)[C@H](CO)NC(=O)[C@@H](NC(=O)[C@H](CC(C)C)NC(=O)[C@H](CC(C)C)NC(=O)[C@H](C)NC(=O)[C@@H]1CCCN1C(=O)[C@H](CCCN=C(N)N)NC(=O)[C@H](C)NC(=O)[C@@H](N)CCC(=O)O)[C@@H](C)O)C(=O)N1CCC[C@H]1C(=O)N[C@@H](CCCCN)C(=O)O.Cl. The van der Waals surface area contributed by atoms with Crippen LogP contribution in [0.5, 0.6) is 0 Å². The number of carbonyl (C=O) groups excluding carboxylic acids is 15. The van der Waals surface area contributed by atoms with Gasteiger partial charge in [-0.25, -0.2) is 4.79 Å². The Hall–Kier alpha value is -11.8. The van der Waals surface area contributed by atoms with E-state index in [9.17, 15) is 96.8 Å². The second kappa shape index (κ2) is 60.3. The standard InChI is InChI=1S/C85H146N26O21.ClH/c1-12-47(8)65(81(130)111-38-22-30-63(111)78(127)102-56(82(131)132)25-16-17-33-86)108-75(124)60(42-51-23-14-13-15-24-51)106-71(120)53(26-18-34-94-83(88)89)99-72(121)58(40-45(4)5)104-70(119)54(27-19-35-95-84(90)91)100-76(125)61(43-112)107-79(128)66(50(11)113)109-74(123)59(41-46(6)7)105-73(122)57(39-44(2)3)103-68(117)49(10)98-77(126)62-29-21-37-110(62)80(129)55(28-20-36-96-85(92)93)101-67(116)48(9)97-69(118)52(87)31-32-64(114)115;/h13-15,23-24,44-50,52-63,65-66,112-113H,12,16-22,25-43,86-87H2,1-11H3,(H,97,118)(H,98,126)(H,99,121)(H,100,125)(H,101,116)(H,102,127)(H,103,117)(H,104,119)(H,105,122)(H,106,120)(H,107,128)(H,108,124)(H,109,123)(H,114,115)(H,131,132)(H4,88,89,94)(H4,90,91,95)(H4,92,93,96);1H/t47-,48-,49-,50+,52-,53-,54-,55-,56-,57-,58-,59-,60-,61-,62-,63-,65-,66-;/m0./s1. The second-order valence-electron chi connectivity index (χ2n) is 34.8. The van der Waals surface area contributed by atoms with Crippen LogP contribution in [0.4, 0.5) is 0 Å². The highest BCUT2D eigenvalue weighted by atomic mass is 35.5. The van der Waals surface area contributed by atoms with Gasteiger partial charge < -0.3 is 145 Å². The fourth-order valence-corrected chi connectivity index (χ4v) is 14.7. The molecule has 2 fully saturated rings. The van der Waals surface area contributed by atoms with Gasteiger partial charge in [0.1, 0.15) is 90.6 Å². The Morgan fingerprint density at radius 2 is 0.797 bits per heavy atom. The number of hydrogen-bond donors (Lipinski definition) is 25. The number of likely N-dealkylation sites (tertiary alicyclic amines) is 2. The number of unbranched alkanes of at least 4 members (excludes halogenated alkanes) is 1. The normalized spacial score (nSPS) is 17.1. The molecule has 0 unspecified atom stereocenters. The zero-order valence-electron chi connectivity index (χ0n) is 78.1. The number of aliphatic hydroxyl groups excluding tert-OH is 2. The van der Waals surface area contributed by atoms with Crippen LogP contribution in [0.25, 0.3) is 0 Å². The summed E-state index contributed by atoms with van der Waals surface area (Å²) in [5.74, 6) is -18.2.